The maximum atomic E-state index is 11.9. The lowest BCUT2D eigenvalue weighted by Gasteiger charge is -2.32. The number of hydrogen-bond acceptors (Lipinski definition) is 4. The highest BCUT2D eigenvalue weighted by molar-refractivity contribution is 7.92. The highest BCUT2D eigenvalue weighted by Gasteiger charge is 2.39. The van der Waals surface area contributed by atoms with Crippen LogP contribution in [0.4, 0.5) is 0 Å². The Morgan fingerprint density at radius 1 is 1.47 bits per heavy atom. The Morgan fingerprint density at radius 2 is 2.00 bits per heavy atom. The van der Waals surface area contributed by atoms with Crippen molar-refractivity contribution in [3.63, 3.8) is 0 Å². The van der Waals surface area contributed by atoms with Gasteiger partial charge in [0, 0.05) is 24.9 Å². The van der Waals surface area contributed by atoms with Gasteiger partial charge in [0.2, 0.25) is 0 Å². The van der Waals surface area contributed by atoms with Crippen LogP contribution in [0.1, 0.15) is 25.1 Å². The molecule has 0 saturated heterocycles. The van der Waals surface area contributed by atoms with E-state index in [1.54, 1.807) is 32.6 Å². The van der Waals surface area contributed by atoms with Crippen LogP contribution < -0.4 is 5.32 Å². The number of nitrogens with one attached hydrogen (secondary N) is 1. The Hall–Kier alpha value is -0.590. The number of likely N-dealkylation sites (N-methyl/N-ethyl adjacent to an activating group) is 1. The molecule has 0 aliphatic heterocycles. The highest BCUT2D eigenvalue weighted by atomic mass is 35.5. The van der Waals surface area contributed by atoms with Gasteiger partial charge in [-0.05, 0) is 34.2 Å². The first-order valence-corrected chi connectivity index (χ1v) is 8.34. The molecule has 1 rings (SSSR count). The van der Waals surface area contributed by atoms with Crippen molar-refractivity contribution < 1.29 is 8.42 Å². The quantitative estimate of drug-likeness (QED) is 0.891. The number of halogens is 1. The van der Waals surface area contributed by atoms with Crippen LogP contribution in [-0.4, -0.2) is 42.3 Å². The fourth-order valence-corrected chi connectivity index (χ4v) is 3.03. The van der Waals surface area contributed by atoms with Crippen LogP contribution in [0.25, 0.3) is 0 Å². The molecule has 7 heteroatoms. The third kappa shape index (κ3) is 3.12. The van der Waals surface area contributed by atoms with E-state index in [9.17, 15) is 8.42 Å². The molecule has 5 nitrogen and oxygen atoms in total. The lowest BCUT2D eigenvalue weighted by Crippen LogP contribution is -2.51. The molecule has 1 aromatic heterocycles. The van der Waals surface area contributed by atoms with Crippen molar-refractivity contribution in [2.45, 2.75) is 38.0 Å². The molecule has 0 aliphatic rings. The van der Waals surface area contributed by atoms with Crippen LogP contribution in [0.3, 0.4) is 0 Å². The Bertz CT molecular complexity index is 564. The molecular weight excluding hydrogens is 286 g/mol. The largest absolute Gasteiger partial charge is 0.315 e. The van der Waals surface area contributed by atoms with Crippen molar-refractivity contribution in [1.29, 1.82) is 0 Å². The molecule has 0 bridgehead atoms. The average Bonchev–Trinajstić information content (AvgIpc) is 2.49. The molecule has 1 atom stereocenters. The maximum Gasteiger partial charge on any atom is 0.154 e. The Balaban J connectivity index is 3.14. The molecule has 1 N–H and O–H groups in total. The van der Waals surface area contributed by atoms with E-state index >= 15 is 0 Å². The molecule has 1 aromatic rings. The van der Waals surface area contributed by atoms with Crippen LogP contribution >= 0.6 is 11.6 Å². The van der Waals surface area contributed by atoms with Crippen molar-refractivity contribution in [3.8, 4) is 0 Å². The van der Waals surface area contributed by atoms with E-state index in [4.69, 9.17) is 11.6 Å². The fourth-order valence-electron chi connectivity index (χ4n) is 2.06. The van der Waals surface area contributed by atoms with E-state index in [2.05, 4.69) is 10.4 Å². The fraction of sp³-hybridized carbons (Fsp3) is 0.750. The Kier molecular flexibility index (Phi) is 4.70. The second-order valence-electron chi connectivity index (χ2n) is 5.40. The zero-order valence-corrected chi connectivity index (χ0v) is 13.9. The SMILES string of the molecule is CNC(Cc1c(C)nn(C)c1Cl)C(C)(C)S(C)(=O)=O. The van der Waals surface area contributed by atoms with Crippen molar-refractivity contribution >= 4 is 21.4 Å². The minimum absolute atomic E-state index is 0.233. The van der Waals surface area contributed by atoms with Crippen molar-refractivity contribution in [1.82, 2.24) is 15.1 Å². The van der Waals surface area contributed by atoms with Crippen molar-refractivity contribution in [3.05, 3.63) is 16.4 Å². The summed E-state index contributed by atoms with van der Waals surface area (Å²) in [5.74, 6) is 0. The summed E-state index contributed by atoms with van der Waals surface area (Å²) in [5.41, 5.74) is 1.72. The summed E-state index contributed by atoms with van der Waals surface area (Å²) in [6, 6.07) is -0.233. The number of nitrogens with zero attached hydrogens (tertiary/aromatic N) is 2. The summed E-state index contributed by atoms with van der Waals surface area (Å²) in [4.78, 5) is 0. The normalized spacial score (nSPS) is 14.7. The Morgan fingerprint density at radius 3 is 2.32 bits per heavy atom. The molecule has 19 heavy (non-hydrogen) atoms. The number of sulfone groups is 1. The van der Waals surface area contributed by atoms with E-state index in [-0.39, 0.29) is 6.04 Å². The highest BCUT2D eigenvalue weighted by Crippen LogP contribution is 2.27. The molecule has 0 aromatic carbocycles. The molecule has 0 saturated carbocycles. The monoisotopic (exact) mass is 307 g/mol. The second-order valence-corrected chi connectivity index (χ2v) is 8.35. The lowest BCUT2D eigenvalue weighted by molar-refractivity contribution is 0.430. The molecule has 1 heterocycles. The number of hydrogen-bond donors (Lipinski definition) is 1. The van der Waals surface area contributed by atoms with E-state index in [1.807, 2.05) is 6.92 Å². The van der Waals surface area contributed by atoms with Gasteiger partial charge in [-0.1, -0.05) is 11.6 Å². The third-order valence-corrected chi connectivity index (χ3v) is 6.49. The van der Waals surface area contributed by atoms with Crippen LogP contribution in [0.2, 0.25) is 5.15 Å². The van der Waals surface area contributed by atoms with Gasteiger partial charge in [-0.2, -0.15) is 5.10 Å². The van der Waals surface area contributed by atoms with E-state index in [0.29, 0.717) is 11.6 Å². The van der Waals surface area contributed by atoms with Crippen molar-refractivity contribution in [2.24, 2.45) is 7.05 Å². The molecule has 0 radical (unpaired) electrons. The van der Waals surface area contributed by atoms with Gasteiger partial charge < -0.3 is 5.32 Å². The summed E-state index contributed by atoms with van der Waals surface area (Å²) < 4.78 is 24.6. The topological polar surface area (TPSA) is 64.0 Å². The maximum absolute atomic E-state index is 11.9. The second kappa shape index (κ2) is 5.42. The first kappa shape index (κ1) is 16.5. The van der Waals surface area contributed by atoms with Gasteiger partial charge in [-0.15, -0.1) is 0 Å². The number of aryl methyl sites for hydroxylation is 2. The van der Waals surface area contributed by atoms with E-state index < -0.39 is 14.6 Å². The molecular formula is C12H22ClN3O2S. The van der Waals surface area contributed by atoms with Crippen LogP contribution in [-0.2, 0) is 23.3 Å². The summed E-state index contributed by atoms with van der Waals surface area (Å²) in [7, 11) is 0.348. The van der Waals surface area contributed by atoms with Gasteiger partial charge in [0.1, 0.15) is 5.15 Å². The van der Waals surface area contributed by atoms with Gasteiger partial charge in [0.25, 0.3) is 0 Å². The van der Waals surface area contributed by atoms with Crippen molar-refractivity contribution in [2.75, 3.05) is 13.3 Å². The van der Waals surface area contributed by atoms with Gasteiger partial charge in [0.05, 0.1) is 10.4 Å². The van der Waals surface area contributed by atoms with Crippen LogP contribution in [0.15, 0.2) is 0 Å². The summed E-state index contributed by atoms with van der Waals surface area (Å²) in [5, 5.41) is 7.89. The lowest BCUT2D eigenvalue weighted by atomic mass is 9.96. The molecule has 0 aliphatic carbocycles. The molecule has 0 spiro atoms. The first-order valence-electron chi connectivity index (χ1n) is 6.07. The van der Waals surface area contributed by atoms with Gasteiger partial charge in [-0.25, -0.2) is 8.42 Å². The zero-order chi connectivity index (χ0) is 15.0. The minimum Gasteiger partial charge on any atom is -0.315 e. The van der Waals surface area contributed by atoms with Crippen LogP contribution in [0, 0.1) is 6.92 Å². The molecule has 1 unspecified atom stereocenters. The third-order valence-electron chi connectivity index (χ3n) is 3.82. The van der Waals surface area contributed by atoms with E-state index in [0.717, 1.165) is 11.3 Å². The first-order chi connectivity index (χ1) is 8.52. The smallest absolute Gasteiger partial charge is 0.154 e. The van der Waals surface area contributed by atoms with Gasteiger partial charge >= 0.3 is 0 Å². The minimum atomic E-state index is -3.19. The summed E-state index contributed by atoms with van der Waals surface area (Å²) in [6.45, 7) is 5.33. The predicted octanol–water partition coefficient (Wildman–Crippen LogP) is 1.34. The predicted molar refractivity (Wildman–Crippen MR) is 78.4 cm³/mol. The number of aromatic nitrogens is 2. The zero-order valence-electron chi connectivity index (χ0n) is 12.3. The molecule has 110 valence electrons. The summed E-state index contributed by atoms with van der Waals surface area (Å²) >= 11 is 6.20. The average molecular weight is 308 g/mol. The molecule has 0 amide bonds. The van der Waals surface area contributed by atoms with Crippen LogP contribution in [0.5, 0.6) is 0 Å². The molecule has 0 fully saturated rings. The Labute approximate surface area is 120 Å². The summed E-state index contributed by atoms with van der Waals surface area (Å²) in [6.07, 6.45) is 1.78. The van der Waals surface area contributed by atoms with E-state index in [1.165, 1.54) is 6.26 Å². The van der Waals surface area contributed by atoms with Gasteiger partial charge in [0.15, 0.2) is 9.84 Å². The standard InChI is InChI=1S/C12H22ClN3O2S/c1-8-9(11(13)16(5)15-8)7-10(14-4)12(2,3)19(6,17)18/h10,14H,7H2,1-6H3. The van der Waals surface area contributed by atoms with Gasteiger partial charge in [-0.3, -0.25) is 4.68 Å². The number of rotatable bonds is 5.